The van der Waals surface area contributed by atoms with Crippen LogP contribution in [-0.4, -0.2) is 16.1 Å². The first-order valence-corrected chi connectivity index (χ1v) is 6.23. The van der Waals surface area contributed by atoms with Gasteiger partial charge in [-0.2, -0.15) is 11.8 Å². The molecule has 0 saturated heterocycles. The monoisotopic (exact) mass is 228 g/mol. The average Bonchev–Trinajstić information content (AvgIpc) is 2.25. The molecule has 0 heterocycles. The third kappa shape index (κ3) is 4.22. The van der Waals surface area contributed by atoms with E-state index in [4.69, 9.17) is 0 Å². The first-order valence-electron chi connectivity index (χ1n) is 5.18. The molecule has 0 spiro atoms. The van der Waals surface area contributed by atoms with Crippen LogP contribution < -0.4 is 0 Å². The van der Waals surface area contributed by atoms with Gasteiger partial charge < -0.3 is 5.11 Å². The van der Waals surface area contributed by atoms with E-state index < -0.39 is 6.10 Å². The molecule has 1 aromatic rings. The van der Waals surface area contributed by atoms with Crippen LogP contribution in [0, 0.1) is 5.82 Å². The highest BCUT2D eigenvalue weighted by Gasteiger charge is 2.10. The number of rotatable bonds is 5. The van der Waals surface area contributed by atoms with E-state index in [0.29, 0.717) is 16.6 Å². The van der Waals surface area contributed by atoms with E-state index in [1.165, 1.54) is 12.1 Å². The molecule has 1 aromatic carbocycles. The van der Waals surface area contributed by atoms with Crippen molar-refractivity contribution in [1.29, 1.82) is 0 Å². The van der Waals surface area contributed by atoms with Gasteiger partial charge in [0.15, 0.2) is 0 Å². The molecule has 0 radical (unpaired) electrons. The number of hydrogen-bond acceptors (Lipinski definition) is 2. The quantitative estimate of drug-likeness (QED) is 0.833. The van der Waals surface area contributed by atoms with Crippen LogP contribution in [0.5, 0.6) is 0 Å². The summed E-state index contributed by atoms with van der Waals surface area (Å²) in [7, 11) is 0. The predicted octanol–water partition coefficient (Wildman–Crippen LogP) is 3.39. The van der Waals surface area contributed by atoms with Crippen molar-refractivity contribution in [3.05, 3.63) is 35.6 Å². The normalized spacial score (nSPS) is 14.9. The summed E-state index contributed by atoms with van der Waals surface area (Å²) in [4.78, 5) is 0. The second kappa shape index (κ2) is 6.13. The SMILES string of the molecule is CCC(C)SCC(O)c1cccc(F)c1. The van der Waals surface area contributed by atoms with Crippen LogP contribution >= 0.6 is 11.8 Å². The van der Waals surface area contributed by atoms with Crippen LogP contribution in [0.15, 0.2) is 24.3 Å². The van der Waals surface area contributed by atoms with E-state index >= 15 is 0 Å². The first-order chi connectivity index (χ1) is 7.13. The molecule has 2 unspecified atom stereocenters. The lowest BCUT2D eigenvalue weighted by Gasteiger charge is -2.13. The molecule has 0 amide bonds. The zero-order valence-corrected chi connectivity index (χ0v) is 9.93. The molecule has 0 saturated carbocycles. The zero-order chi connectivity index (χ0) is 11.3. The number of hydrogen-bond donors (Lipinski definition) is 1. The predicted molar refractivity (Wildman–Crippen MR) is 63.6 cm³/mol. The summed E-state index contributed by atoms with van der Waals surface area (Å²) < 4.78 is 12.9. The topological polar surface area (TPSA) is 20.2 Å². The van der Waals surface area contributed by atoms with Crippen LogP contribution in [0.3, 0.4) is 0 Å². The molecule has 1 N–H and O–H groups in total. The Hall–Kier alpha value is -0.540. The van der Waals surface area contributed by atoms with E-state index in [9.17, 15) is 9.50 Å². The molecule has 2 atom stereocenters. The molecule has 84 valence electrons. The molecule has 0 aliphatic carbocycles. The summed E-state index contributed by atoms with van der Waals surface area (Å²) in [5.74, 6) is 0.332. The van der Waals surface area contributed by atoms with E-state index in [2.05, 4.69) is 13.8 Å². The minimum absolute atomic E-state index is 0.292. The Bertz CT molecular complexity index is 303. The Morgan fingerprint density at radius 3 is 2.80 bits per heavy atom. The first kappa shape index (κ1) is 12.5. The van der Waals surface area contributed by atoms with Crippen LogP contribution in [0.1, 0.15) is 31.9 Å². The summed E-state index contributed by atoms with van der Waals surface area (Å²) in [5.41, 5.74) is 0.658. The van der Waals surface area contributed by atoms with Crippen molar-refractivity contribution in [3.63, 3.8) is 0 Å². The molecular formula is C12H17FOS. The zero-order valence-electron chi connectivity index (χ0n) is 9.11. The highest BCUT2D eigenvalue weighted by molar-refractivity contribution is 7.99. The van der Waals surface area contributed by atoms with Gasteiger partial charge in [-0.3, -0.25) is 0 Å². The maximum atomic E-state index is 12.9. The molecular weight excluding hydrogens is 211 g/mol. The highest BCUT2D eigenvalue weighted by Crippen LogP contribution is 2.22. The summed E-state index contributed by atoms with van der Waals surface area (Å²) >= 11 is 1.71. The van der Waals surface area contributed by atoms with Gasteiger partial charge in [0.05, 0.1) is 6.10 Å². The van der Waals surface area contributed by atoms with E-state index in [-0.39, 0.29) is 5.82 Å². The summed E-state index contributed by atoms with van der Waals surface area (Å²) in [6.45, 7) is 4.25. The Kier molecular flexibility index (Phi) is 5.12. The van der Waals surface area contributed by atoms with Gasteiger partial charge >= 0.3 is 0 Å². The van der Waals surface area contributed by atoms with Gasteiger partial charge in [-0.15, -0.1) is 0 Å². The molecule has 0 aliphatic heterocycles. The van der Waals surface area contributed by atoms with Crippen molar-refractivity contribution >= 4 is 11.8 Å². The maximum absolute atomic E-state index is 12.9. The number of halogens is 1. The van der Waals surface area contributed by atoms with Crippen molar-refractivity contribution in [2.45, 2.75) is 31.6 Å². The van der Waals surface area contributed by atoms with Crippen molar-refractivity contribution in [3.8, 4) is 0 Å². The number of aliphatic hydroxyl groups is 1. The van der Waals surface area contributed by atoms with Gasteiger partial charge in [-0.1, -0.05) is 26.0 Å². The fraction of sp³-hybridized carbons (Fsp3) is 0.500. The molecule has 1 rings (SSSR count). The van der Waals surface area contributed by atoms with Crippen LogP contribution in [-0.2, 0) is 0 Å². The van der Waals surface area contributed by atoms with Crippen molar-refractivity contribution in [2.75, 3.05) is 5.75 Å². The molecule has 1 nitrogen and oxygen atoms in total. The van der Waals surface area contributed by atoms with Crippen molar-refractivity contribution in [2.24, 2.45) is 0 Å². The third-order valence-electron chi connectivity index (χ3n) is 2.35. The molecule has 0 aliphatic rings. The van der Waals surface area contributed by atoms with E-state index in [0.717, 1.165) is 6.42 Å². The van der Waals surface area contributed by atoms with Gasteiger partial charge in [0.2, 0.25) is 0 Å². The van der Waals surface area contributed by atoms with Crippen LogP contribution in [0.25, 0.3) is 0 Å². The lowest BCUT2D eigenvalue weighted by atomic mass is 10.1. The lowest BCUT2D eigenvalue weighted by molar-refractivity contribution is 0.203. The Morgan fingerprint density at radius 1 is 1.47 bits per heavy atom. The smallest absolute Gasteiger partial charge is 0.123 e. The standard InChI is InChI=1S/C12H17FOS/c1-3-9(2)15-8-12(14)10-5-4-6-11(13)7-10/h4-7,9,12,14H,3,8H2,1-2H3. The van der Waals surface area contributed by atoms with Crippen molar-refractivity contribution in [1.82, 2.24) is 0 Å². The molecule has 0 fully saturated rings. The molecule has 15 heavy (non-hydrogen) atoms. The van der Waals surface area contributed by atoms with Crippen LogP contribution in [0.4, 0.5) is 4.39 Å². The number of aliphatic hydroxyl groups excluding tert-OH is 1. The number of thioether (sulfide) groups is 1. The fourth-order valence-corrected chi connectivity index (χ4v) is 2.12. The van der Waals surface area contributed by atoms with E-state index in [1.54, 1.807) is 23.9 Å². The maximum Gasteiger partial charge on any atom is 0.123 e. The van der Waals surface area contributed by atoms with E-state index in [1.807, 2.05) is 0 Å². The molecule has 3 heteroatoms. The van der Waals surface area contributed by atoms with Crippen molar-refractivity contribution < 1.29 is 9.50 Å². The summed E-state index contributed by atoms with van der Waals surface area (Å²) in [6, 6.07) is 6.16. The largest absolute Gasteiger partial charge is 0.388 e. The fourth-order valence-electron chi connectivity index (χ4n) is 1.18. The minimum atomic E-state index is -0.570. The highest BCUT2D eigenvalue weighted by atomic mass is 32.2. The third-order valence-corrected chi connectivity index (χ3v) is 3.76. The van der Waals surface area contributed by atoms with Gasteiger partial charge in [0, 0.05) is 11.0 Å². The second-order valence-corrected chi connectivity index (χ2v) is 5.09. The average molecular weight is 228 g/mol. The summed E-state index contributed by atoms with van der Waals surface area (Å²) in [5, 5.41) is 10.3. The summed E-state index contributed by atoms with van der Waals surface area (Å²) in [6.07, 6.45) is 0.514. The second-order valence-electron chi connectivity index (χ2n) is 3.62. The lowest BCUT2D eigenvalue weighted by Crippen LogP contribution is -2.04. The Morgan fingerprint density at radius 2 is 2.20 bits per heavy atom. The van der Waals surface area contributed by atoms with Gasteiger partial charge in [0.1, 0.15) is 5.82 Å². The molecule has 0 aromatic heterocycles. The Labute approximate surface area is 94.7 Å². The Balaban J connectivity index is 2.50. The van der Waals surface area contributed by atoms with Gasteiger partial charge in [0.25, 0.3) is 0 Å². The van der Waals surface area contributed by atoms with Crippen LogP contribution in [0.2, 0.25) is 0 Å². The molecule has 0 bridgehead atoms. The number of benzene rings is 1. The minimum Gasteiger partial charge on any atom is -0.388 e. The van der Waals surface area contributed by atoms with Gasteiger partial charge in [-0.25, -0.2) is 4.39 Å². The van der Waals surface area contributed by atoms with Gasteiger partial charge in [-0.05, 0) is 24.1 Å².